The molecule has 0 unspecified atom stereocenters. The van der Waals surface area contributed by atoms with E-state index in [-0.39, 0.29) is 0 Å². The lowest BCUT2D eigenvalue weighted by atomic mass is 9.96. The van der Waals surface area contributed by atoms with Gasteiger partial charge in [-0.25, -0.2) is 4.79 Å². The predicted octanol–water partition coefficient (Wildman–Crippen LogP) is 3.68. The molecule has 128 valence electrons. The summed E-state index contributed by atoms with van der Waals surface area (Å²) in [5, 5.41) is 13.4. The zero-order valence-electron chi connectivity index (χ0n) is 13.9. The first-order valence-corrected chi connectivity index (χ1v) is 9.07. The average molecular weight is 354 g/mol. The van der Waals surface area contributed by atoms with Crippen LogP contribution < -0.4 is 5.32 Å². The summed E-state index contributed by atoms with van der Waals surface area (Å²) in [5.74, 6) is -0.875. The second-order valence-corrected chi connectivity index (χ2v) is 6.95. The number of nitriles is 1. The van der Waals surface area contributed by atoms with E-state index in [9.17, 15) is 9.59 Å². The normalized spacial score (nSPS) is 14.1. The van der Waals surface area contributed by atoms with Gasteiger partial charge in [-0.1, -0.05) is 6.07 Å². The van der Waals surface area contributed by atoms with Gasteiger partial charge in [0.25, 0.3) is 5.91 Å². The molecule has 0 spiro atoms. The summed E-state index contributed by atoms with van der Waals surface area (Å²) in [6.07, 6.45) is 3.22. The molecule has 0 saturated carbocycles. The van der Waals surface area contributed by atoms with Crippen molar-refractivity contribution in [2.45, 2.75) is 38.7 Å². The Morgan fingerprint density at radius 1 is 1.32 bits per heavy atom. The molecule has 1 atom stereocenters. The number of nitrogens with zero attached hydrogens (tertiary/aromatic N) is 1. The van der Waals surface area contributed by atoms with Crippen molar-refractivity contribution in [3.8, 4) is 6.07 Å². The minimum absolute atomic E-state index is 0.424. The fourth-order valence-corrected chi connectivity index (χ4v) is 3.97. The minimum atomic E-state index is -0.919. The number of carbonyl (C=O) groups excluding carboxylic acids is 2. The van der Waals surface area contributed by atoms with E-state index in [1.54, 1.807) is 42.5 Å². The molecule has 1 aliphatic rings. The molecule has 0 radical (unpaired) electrons. The van der Waals surface area contributed by atoms with Gasteiger partial charge in [-0.05, 0) is 56.4 Å². The van der Waals surface area contributed by atoms with Gasteiger partial charge in [0.05, 0.1) is 17.2 Å². The smallest absolute Gasteiger partial charge is 0.340 e. The van der Waals surface area contributed by atoms with Gasteiger partial charge in [0, 0.05) is 15.9 Å². The van der Waals surface area contributed by atoms with Gasteiger partial charge in [-0.3, -0.25) is 4.79 Å². The number of rotatable bonds is 4. The van der Waals surface area contributed by atoms with Crippen molar-refractivity contribution in [3.05, 3.63) is 51.2 Å². The van der Waals surface area contributed by atoms with Crippen LogP contribution in [0.5, 0.6) is 0 Å². The Labute approximate surface area is 150 Å². The zero-order valence-corrected chi connectivity index (χ0v) is 14.7. The van der Waals surface area contributed by atoms with Crippen LogP contribution in [-0.4, -0.2) is 18.0 Å². The van der Waals surface area contributed by atoms with Crippen molar-refractivity contribution in [2.24, 2.45) is 0 Å². The van der Waals surface area contributed by atoms with E-state index in [1.807, 2.05) is 11.4 Å². The summed E-state index contributed by atoms with van der Waals surface area (Å²) in [6, 6.07) is 8.60. The molecule has 1 aromatic heterocycles. The van der Waals surface area contributed by atoms with Crippen LogP contribution in [0.15, 0.2) is 29.6 Å². The van der Waals surface area contributed by atoms with Gasteiger partial charge in [0.15, 0.2) is 6.10 Å². The summed E-state index contributed by atoms with van der Waals surface area (Å²) >= 11 is 1.59. The lowest BCUT2D eigenvalue weighted by molar-refractivity contribution is -0.123. The number of thiophene rings is 1. The Balaban J connectivity index is 1.64. The lowest BCUT2D eigenvalue weighted by Gasteiger charge is -2.15. The van der Waals surface area contributed by atoms with Gasteiger partial charge < -0.3 is 10.1 Å². The summed E-state index contributed by atoms with van der Waals surface area (Å²) in [4.78, 5) is 25.9. The van der Waals surface area contributed by atoms with Crippen LogP contribution in [-0.2, 0) is 22.4 Å². The van der Waals surface area contributed by atoms with Gasteiger partial charge in [0.2, 0.25) is 0 Å². The standard InChI is InChI=1S/C19H18N2O3S/c1-12(18(22)21-14-6-4-5-13(9-14)10-20)24-19(23)16-11-25-17-8-3-2-7-15(16)17/h4-6,9,11-12H,2-3,7-8H2,1H3,(H,21,22)/t12-/m0/s1. The number of hydrogen-bond acceptors (Lipinski definition) is 5. The van der Waals surface area contributed by atoms with E-state index in [2.05, 4.69) is 5.32 Å². The molecule has 1 amide bonds. The Morgan fingerprint density at radius 2 is 2.12 bits per heavy atom. The molecular weight excluding hydrogens is 336 g/mol. The highest BCUT2D eigenvalue weighted by atomic mass is 32.1. The van der Waals surface area contributed by atoms with Gasteiger partial charge >= 0.3 is 5.97 Å². The molecule has 1 aromatic carbocycles. The number of fused-ring (bicyclic) bond motifs is 1. The number of benzene rings is 1. The van der Waals surface area contributed by atoms with E-state index in [0.29, 0.717) is 16.8 Å². The molecule has 1 aliphatic carbocycles. The third-order valence-electron chi connectivity index (χ3n) is 4.19. The molecule has 6 heteroatoms. The fourth-order valence-electron chi connectivity index (χ4n) is 2.85. The fraction of sp³-hybridized carbons (Fsp3) is 0.316. The van der Waals surface area contributed by atoms with Crippen LogP contribution in [0, 0.1) is 11.3 Å². The summed E-state index contributed by atoms with van der Waals surface area (Å²) < 4.78 is 5.34. The molecule has 0 bridgehead atoms. The Morgan fingerprint density at radius 3 is 2.92 bits per heavy atom. The first-order valence-electron chi connectivity index (χ1n) is 8.19. The van der Waals surface area contributed by atoms with Gasteiger partial charge in [-0.15, -0.1) is 11.3 Å². The maximum Gasteiger partial charge on any atom is 0.340 e. The quantitative estimate of drug-likeness (QED) is 0.850. The molecule has 0 aliphatic heterocycles. The van der Waals surface area contributed by atoms with Gasteiger partial charge in [-0.2, -0.15) is 5.26 Å². The van der Waals surface area contributed by atoms with Crippen LogP contribution in [0.25, 0.3) is 0 Å². The third kappa shape index (κ3) is 3.89. The third-order valence-corrected chi connectivity index (χ3v) is 5.28. The second-order valence-electron chi connectivity index (χ2n) is 5.99. The highest BCUT2D eigenvalue weighted by molar-refractivity contribution is 7.10. The first kappa shape index (κ1) is 17.2. The number of amides is 1. The van der Waals surface area contributed by atoms with Crippen LogP contribution >= 0.6 is 11.3 Å². The molecular formula is C19H18N2O3S. The minimum Gasteiger partial charge on any atom is -0.449 e. The number of hydrogen-bond donors (Lipinski definition) is 1. The van der Waals surface area contributed by atoms with Crippen LogP contribution in [0.3, 0.4) is 0 Å². The molecule has 0 fully saturated rings. The van der Waals surface area contributed by atoms with E-state index >= 15 is 0 Å². The molecule has 25 heavy (non-hydrogen) atoms. The van der Waals surface area contributed by atoms with E-state index in [4.69, 9.17) is 10.00 Å². The Hall–Kier alpha value is -2.65. The number of ether oxygens (including phenoxy) is 1. The van der Waals surface area contributed by atoms with Crippen molar-refractivity contribution in [3.63, 3.8) is 0 Å². The van der Waals surface area contributed by atoms with Gasteiger partial charge in [0.1, 0.15) is 0 Å². The molecule has 1 heterocycles. The number of anilines is 1. The topological polar surface area (TPSA) is 79.2 Å². The average Bonchev–Trinajstić information content (AvgIpc) is 3.06. The summed E-state index contributed by atoms with van der Waals surface area (Å²) in [5.41, 5.74) is 2.62. The predicted molar refractivity (Wildman–Crippen MR) is 95.6 cm³/mol. The van der Waals surface area contributed by atoms with E-state index in [0.717, 1.165) is 31.2 Å². The van der Waals surface area contributed by atoms with Crippen molar-refractivity contribution >= 4 is 28.9 Å². The maximum absolute atomic E-state index is 12.4. The summed E-state index contributed by atoms with van der Waals surface area (Å²) in [6.45, 7) is 1.54. The SMILES string of the molecule is C[C@H](OC(=O)c1csc2c1CCCC2)C(=O)Nc1cccc(C#N)c1. The number of esters is 1. The molecule has 2 aromatic rings. The Bertz CT molecular complexity index is 851. The highest BCUT2D eigenvalue weighted by Gasteiger charge is 2.24. The number of aryl methyl sites for hydroxylation is 1. The van der Waals surface area contributed by atoms with Crippen LogP contribution in [0.1, 0.15) is 46.1 Å². The molecule has 0 saturated heterocycles. The molecule has 3 rings (SSSR count). The largest absolute Gasteiger partial charge is 0.449 e. The number of nitrogens with one attached hydrogen (secondary N) is 1. The van der Waals surface area contributed by atoms with Crippen LogP contribution in [0.2, 0.25) is 0 Å². The van der Waals surface area contributed by atoms with Crippen molar-refractivity contribution < 1.29 is 14.3 Å². The number of carbonyl (C=O) groups is 2. The maximum atomic E-state index is 12.4. The van der Waals surface area contributed by atoms with Crippen molar-refractivity contribution in [1.29, 1.82) is 5.26 Å². The monoisotopic (exact) mass is 354 g/mol. The van der Waals surface area contributed by atoms with Crippen molar-refractivity contribution in [2.75, 3.05) is 5.32 Å². The Kier molecular flexibility index (Phi) is 5.15. The van der Waals surface area contributed by atoms with E-state index < -0.39 is 18.0 Å². The molecule has 1 N–H and O–H groups in total. The zero-order chi connectivity index (χ0) is 17.8. The highest BCUT2D eigenvalue weighted by Crippen LogP contribution is 2.30. The molecule has 5 nitrogen and oxygen atoms in total. The first-order chi connectivity index (χ1) is 12.1. The van der Waals surface area contributed by atoms with Crippen molar-refractivity contribution in [1.82, 2.24) is 0 Å². The van der Waals surface area contributed by atoms with E-state index in [1.165, 1.54) is 4.88 Å². The van der Waals surface area contributed by atoms with Crippen LogP contribution in [0.4, 0.5) is 5.69 Å². The summed E-state index contributed by atoms with van der Waals surface area (Å²) in [7, 11) is 0. The lowest BCUT2D eigenvalue weighted by Crippen LogP contribution is -2.30. The second kappa shape index (κ2) is 7.49.